The Morgan fingerprint density at radius 3 is 2.77 bits per heavy atom. The van der Waals surface area contributed by atoms with Gasteiger partial charge in [0.25, 0.3) is 0 Å². The van der Waals surface area contributed by atoms with Crippen LogP contribution in [-0.4, -0.2) is 11.5 Å². The van der Waals surface area contributed by atoms with Crippen LogP contribution in [0.1, 0.15) is 23.6 Å². The molecule has 4 heteroatoms. The van der Waals surface area contributed by atoms with Gasteiger partial charge in [0.15, 0.2) is 0 Å². The highest BCUT2D eigenvalue weighted by Crippen LogP contribution is 2.27. The van der Waals surface area contributed by atoms with Crippen LogP contribution in [0.2, 0.25) is 0 Å². The molecule has 0 aliphatic heterocycles. The molecule has 0 radical (unpaired) electrons. The van der Waals surface area contributed by atoms with E-state index in [4.69, 9.17) is 0 Å². The van der Waals surface area contributed by atoms with Crippen molar-refractivity contribution in [1.82, 2.24) is 5.32 Å². The summed E-state index contributed by atoms with van der Waals surface area (Å²) < 4.78 is 0. The molecule has 0 aliphatic rings. The Balaban J connectivity index is 2.69. The van der Waals surface area contributed by atoms with Crippen LogP contribution in [0.3, 0.4) is 0 Å². The molecule has 13 heavy (non-hydrogen) atoms. The fraction of sp³-hybridized carbons (Fsp3) is 0.444. The summed E-state index contributed by atoms with van der Waals surface area (Å²) in [6.07, 6.45) is 0.670. The molecule has 1 heterocycles. The summed E-state index contributed by atoms with van der Waals surface area (Å²) in [4.78, 5) is 12.0. The Bertz CT molecular complexity index is 288. The van der Waals surface area contributed by atoms with Crippen LogP contribution in [0, 0.1) is 0 Å². The van der Waals surface area contributed by atoms with Crippen LogP contribution >= 0.6 is 11.3 Å². The maximum atomic E-state index is 10.0. The van der Waals surface area contributed by atoms with Crippen LogP contribution in [0.15, 0.2) is 12.1 Å². The van der Waals surface area contributed by atoms with Crippen LogP contribution in [-0.2, 0) is 16.9 Å². The average Bonchev–Trinajstić information content (AvgIpc) is 2.47. The summed E-state index contributed by atoms with van der Waals surface area (Å²) in [6.45, 7) is 4.02. The van der Waals surface area contributed by atoms with Crippen molar-refractivity contribution >= 4 is 17.7 Å². The SMILES string of the molecule is CC(C)(O)c1ccc(CNC=O)s1. The maximum absolute atomic E-state index is 10.0. The van der Waals surface area contributed by atoms with E-state index in [1.165, 1.54) is 11.3 Å². The third kappa shape index (κ3) is 2.82. The van der Waals surface area contributed by atoms with Gasteiger partial charge in [0.05, 0.1) is 12.1 Å². The molecule has 0 aliphatic carbocycles. The lowest BCUT2D eigenvalue weighted by Gasteiger charge is -2.13. The fourth-order valence-corrected chi connectivity index (χ4v) is 1.90. The summed E-state index contributed by atoms with van der Waals surface area (Å²) in [5, 5.41) is 12.2. The Hall–Kier alpha value is -0.870. The fourth-order valence-electron chi connectivity index (χ4n) is 0.944. The minimum absolute atomic E-state index is 0.532. The first-order valence-electron chi connectivity index (χ1n) is 4.02. The zero-order valence-electron chi connectivity index (χ0n) is 7.70. The second-order valence-corrected chi connectivity index (χ2v) is 4.49. The summed E-state index contributed by atoms with van der Waals surface area (Å²) in [6, 6.07) is 3.79. The summed E-state index contributed by atoms with van der Waals surface area (Å²) >= 11 is 1.51. The van der Waals surface area contributed by atoms with Crippen LogP contribution in [0.25, 0.3) is 0 Å². The number of rotatable bonds is 4. The van der Waals surface area contributed by atoms with Gasteiger partial charge in [0, 0.05) is 9.75 Å². The highest BCUT2D eigenvalue weighted by atomic mass is 32.1. The van der Waals surface area contributed by atoms with E-state index in [1.54, 1.807) is 13.8 Å². The van der Waals surface area contributed by atoms with Crippen molar-refractivity contribution in [2.75, 3.05) is 0 Å². The molecule has 0 saturated heterocycles. The van der Waals surface area contributed by atoms with E-state index in [9.17, 15) is 9.90 Å². The molecule has 0 spiro atoms. The normalized spacial score (nSPS) is 11.3. The van der Waals surface area contributed by atoms with Gasteiger partial charge in [-0.2, -0.15) is 0 Å². The number of aliphatic hydroxyl groups is 1. The Morgan fingerprint density at radius 1 is 1.62 bits per heavy atom. The lowest BCUT2D eigenvalue weighted by atomic mass is 10.1. The first-order valence-corrected chi connectivity index (χ1v) is 4.84. The number of carbonyl (C=O) groups is 1. The second-order valence-electron chi connectivity index (χ2n) is 3.32. The first-order chi connectivity index (χ1) is 6.04. The highest BCUT2D eigenvalue weighted by Gasteiger charge is 2.17. The molecule has 0 bridgehead atoms. The van der Waals surface area contributed by atoms with Gasteiger partial charge >= 0.3 is 0 Å². The van der Waals surface area contributed by atoms with Crippen molar-refractivity contribution in [2.45, 2.75) is 26.0 Å². The highest BCUT2D eigenvalue weighted by molar-refractivity contribution is 7.12. The largest absolute Gasteiger partial charge is 0.385 e. The maximum Gasteiger partial charge on any atom is 0.207 e. The molecule has 1 aromatic heterocycles. The van der Waals surface area contributed by atoms with E-state index in [-0.39, 0.29) is 0 Å². The number of carbonyl (C=O) groups excluding carboxylic acids is 1. The molecular weight excluding hydrogens is 186 g/mol. The number of nitrogens with one attached hydrogen (secondary N) is 1. The van der Waals surface area contributed by atoms with E-state index in [0.29, 0.717) is 13.0 Å². The van der Waals surface area contributed by atoms with Crippen molar-refractivity contribution in [2.24, 2.45) is 0 Å². The Kier molecular flexibility index (Phi) is 3.06. The van der Waals surface area contributed by atoms with E-state index >= 15 is 0 Å². The van der Waals surface area contributed by atoms with E-state index in [0.717, 1.165) is 9.75 Å². The van der Waals surface area contributed by atoms with E-state index in [1.807, 2.05) is 12.1 Å². The Morgan fingerprint density at radius 2 is 2.31 bits per heavy atom. The van der Waals surface area contributed by atoms with Gasteiger partial charge in [-0.25, -0.2) is 0 Å². The molecule has 0 aromatic carbocycles. The molecule has 1 rings (SSSR count). The molecule has 0 atom stereocenters. The van der Waals surface area contributed by atoms with Crippen LogP contribution in [0.5, 0.6) is 0 Å². The zero-order valence-corrected chi connectivity index (χ0v) is 8.52. The Labute approximate surface area is 81.4 Å². The second kappa shape index (κ2) is 3.89. The number of amides is 1. The molecule has 3 nitrogen and oxygen atoms in total. The van der Waals surface area contributed by atoms with E-state index in [2.05, 4.69) is 5.32 Å². The molecule has 2 N–H and O–H groups in total. The van der Waals surface area contributed by atoms with Gasteiger partial charge in [0.2, 0.25) is 6.41 Å². The third-order valence-corrected chi connectivity index (χ3v) is 3.02. The average molecular weight is 199 g/mol. The van der Waals surface area contributed by atoms with Gasteiger partial charge in [-0.3, -0.25) is 4.79 Å². The third-order valence-electron chi connectivity index (χ3n) is 1.62. The van der Waals surface area contributed by atoms with Crippen molar-refractivity contribution in [3.05, 3.63) is 21.9 Å². The molecule has 0 fully saturated rings. The van der Waals surface area contributed by atoms with Gasteiger partial charge in [-0.1, -0.05) is 0 Å². The predicted octanol–water partition coefficient (Wildman–Crippen LogP) is 1.22. The summed E-state index contributed by atoms with van der Waals surface area (Å²) in [7, 11) is 0. The minimum Gasteiger partial charge on any atom is -0.385 e. The van der Waals surface area contributed by atoms with Gasteiger partial charge in [0.1, 0.15) is 0 Å². The van der Waals surface area contributed by atoms with Gasteiger partial charge in [-0.05, 0) is 26.0 Å². The molecule has 1 amide bonds. The quantitative estimate of drug-likeness (QED) is 0.716. The molecule has 0 unspecified atom stereocenters. The van der Waals surface area contributed by atoms with Crippen molar-refractivity contribution in [1.29, 1.82) is 0 Å². The monoisotopic (exact) mass is 199 g/mol. The number of hydrogen-bond donors (Lipinski definition) is 2. The summed E-state index contributed by atoms with van der Waals surface area (Å²) in [5.74, 6) is 0. The van der Waals surface area contributed by atoms with Crippen molar-refractivity contribution in [3.63, 3.8) is 0 Å². The zero-order chi connectivity index (χ0) is 9.90. The first kappa shape index (κ1) is 10.2. The molecule has 1 aromatic rings. The smallest absolute Gasteiger partial charge is 0.207 e. The molecular formula is C9H13NO2S. The standard InChI is InChI=1S/C9H13NO2S/c1-9(2,12)8-4-3-7(13-8)5-10-6-11/h3-4,6,12H,5H2,1-2H3,(H,10,11). The van der Waals surface area contributed by atoms with Crippen LogP contribution < -0.4 is 5.32 Å². The van der Waals surface area contributed by atoms with Crippen molar-refractivity contribution in [3.8, 4) is 0 Å². The predicted molar refractivity (Wildman–Crippen MR) is 52.5 cm³/mol. The minimum atomic E-state index is -0.788. The lowest BCUT2D eigenvalue weighted by Crippen LogP contribution is -2.13. The van der Waals surface area contributed by atoms with E-state index < -0.39 is 5.60 Å². The topological polar surface area (TPSA) is 49.3 Å². The van der Waals surface area contributed by atoms with Gasteiger partial charge in [-0.15, -0.1) is 11.3 Å². The molecule has 72 valence electrons. The van der Waals surface area contributed by atoms with Crippen molar-refractivity contribution < 1.29 is 9.90 Å². The number of thiophene rings is 1. The van der Waals surface area contributed by atoms with Crippen LogP contribution in [0.4, 0.5) is 0 Å². The number of hydrogen-bond acceptors (Lipinski definition) is 3. The van der Waals surface area contributed by atoms with Gasteiger partial charge < -0.3 is 10.4 Å². The molecule has 0 saturated carbocycles. The lowest BCUT2D eigenvalue weighted by molar-refractivity contribution is -0.109. The summed E-state index contributed by atoms with van der Waals surface area (Å²) in [5.41, 5.74) is -0.788.